The predicted molar refractivity (Wildman–Crippen MR) is 82.5 cm³/mol. The van der Waals surface area contributed by atoms with E-state index in [1.54, 1.807) is 0 Å². The molecule has 112 valence electrons. The van der Waals surface area contributed by atoms with Gasteiger partial charge in [0.05, 0.1) is 11.2 Å². The van der Waals surface area contributed by atoms with Gasteiger partial charge < -0.3 is 14.2 Å². The molecule has 0 N–H and O–H groups in total. The highest BCUT2D eigenvalue weighted by molar-refractivity contribution is 6.54. The molecular weight excluding hydrogens is 249 g/mol. The fraction of sp³-hybridized carbons (Fsp3) is 0.875. The number of nitrogens with zero attached hydrogens (tertiary/aromatic N) is 1. The van der Waals surface area contributed by atoms with Gasteiger partial charge in [0.25, 0.3) is 0 Å². The Labute approximate surface area is 123 Å². The van der Waals surface area contributed by atoms with E-state index in [-0.39, 0.29) is 18.3 Å². The van der Waals surface area contributed by atoms with E-state index < -0.39 is 0 Å². The lowest BCUT2D eigenvalue weighted by molar-refractivity contribution is 0.00578. The molecule has 0 amide bonds. The zero-order valence-corrected chi connectivity index (χ0v) is 13.6. The monoisotopic (exact) mass is 277 g/mol. The Morgan fingerprint density at radius 2 is 1.85 bits per heavy atom. The van der Waals surface area contributed by atoms with Crippen LogP contribution in [-0.2, 0) is 9.31 Å². The van der Waals surface area contributed by atoms with Gasteiger partial charge in [-0.05, 0) is 78.4 Å². The van der Waals surface area contributed by atoms with Gasteiger partial charge in [-0.15, -0.1) is 0 Å². The van der Waals surface area contributed by atoms with Gasteiger partial charge in [0.2, 0.25) is 0 Å². The third-order valence-corrected chi connectivity index (χ3v) is 5.87. The summed E-state index contributed by atoms with van der Waals surface area (Å²) in [5.74, 6) is 0.785. The number of piperidine rings is 1. The normalized spacial score (nSPS) is 36.6. The summed E-state index contributed by atoms with van der Waals surface area (Å²) in [6.07, 6.45) is 7.36. The van der Waals surface area contributed by atoms with E-state index in [0.717, 1.165) is 24.8 Å². The summed E-state index contributed by atoms with van der Waals surface area (Å²) in [5.41, 5.74) is 0.928. The summed E-state index contributed by atoms with van der Waals surface area (Å²) in [6.45, 7) is 9.78. The maximum atomic E-state index is 6.21. The lowest BCUT2D eigenvalue weighted by atomic mass is 9.66. The molecule has 0 aromatic rings. The molecule has 2 saturated heterocycles. The number of hydrogen-bond donors (Lipinski definition) is 0. The Hall–Kier alpha value is -0.315. The van der Waals surface area contributed by atoms with Gasteiger partial charge in [-0.1, -0.05) is 6.08 Å². The maximum absolute atomic E-state index is 6.21. The van der Waals surface area contributed by atoms with Gasteiger partial charge in [-0.25, -0.2) is 0 Å². The molecule has 0 bridgehead atoms. The van der Waals surface area contributed by atoms with Crippen LogP contribution >= 0.6 is 0 Å². The number of allylic oxidation sites excluding steroid dienone is 1. The minimum atomic E-state index is -0.224. The first kappa shape index (κ1) is 14.6. The first-order chi connectivity index (χ1) is 9.30. The van der Waals surface area contributed by atoms with E-state index in [9.17, 15) is 0 Å². The van der Waals surface area contributed by atoms with E-state index in [0.29, 0.717) is 0 Å². The fourth-order valence-electron chi connectivity index (χ4n) is 3.78. The Balaban J connectivity index is 1.74. The van der Waals surface area contributed by atoms with Gasteiger partial charge >= 0.3 is 7.12 Å². The number of likely N-dealkylation sites (tertiary alicyclic amines) is 1. The van der Waals surface area contributed by atoms with Crippen molar-refractivity contribution in [2.24, 2.45) is 5.92 Å². The zero-order valence-electron chi connectivity index (χ0n) is 13.6. The first-order valence-corrected chi connectivity index (χ1v) is 8.05. The van der Waals surface area contributed by atoms with Crippen LogP contribution in [0.1, 0.15) is 53.4 Å². The Morgan fingerprint density at radius 3 is 2.50 bits per heavy atom. The summed E-state index contributed by atoms with van der Waals surface area (Å²) < 4.78 is 12.4. The van der Waals surface area contributed by atoms with Crippen molar-refractivity contribution in [3.8, 4) is 0 Å². The summed E-state index contributed by atoms with van der Waals surface area (Å²) in [6, 6.07) is 0.731. The molecule has 2 atom stereocenters. The van der Waals surface area contributed by atoms with Crippen molar-refractivity contribution in [2.45, 2.75) is 70.6 Å². The number of rotatable bonds is 1. The lowest BCUT2D eigenvalue weighted by Crippen LogP contribution is -2.45. The summed E-state index contributed by atoms with van der Waals surface area (Å²) in [4.78, 5) is 2.53. The average molecular weight is 277 g/mol. The molecular formula is C16H28BNO2. The third-order valence-electron chi connectivity index (χ3n) is 5.87. The quantitative estimate of drug-likeness (QED) is 0.688. The molecule has 3 rings (SSSR count). The largest absolute Gasteiger partial charge is 0.490 e. The van der Waals surface area contributed by atoms with Crippen LogP contribution in [0, 0.1) is 5.92 Å². The molecule has 3 aliphatic rings. The van der Waals surface area contributed by atoms with Crippen molar-refractivity contribution in [3.63, 3.8) is 0 Å². The van der Waals surface area contributed by atoms with Crippen LogP contribution in [0.2, 0.25) is 0 Å². The van der Waals surface area contributed by atoms with Crippen molar-refractivity contribution in [1.29, 1.82) is 0 Å². The molecule has 4 heteroatoms. The fourth-order valence-corrected chi connectivity index (χ4v) is 3.78. The molecule has 0 saturated carbocycles. The lowest BCUT2D eigenvalue weighted by Gasteiger charge is -2.42. The maximum Gasteiger partial charge on any atom is 0.490 e. The summed E-state index contributed by atoms with van der Waals surface area (Å²) in [7, 11) is 2.14. The Kier molecular flexibility index (Phi) is 3.55. The SMILES string of the molecule is CN1CCC[C@@H]2CC(B3OC(C)(C)C(C)(C)O3)=CC[C@@H]21. The molecule has 20 heavy (non-hydrogen) atoms. The molecule has 0 unspecified atom stereocenters. The van der Waals surface area contributed by atoms with Gasteiger partial charge in [-0.2, -0.15) is 0 Å². The van der Waals surface area contributed by atoms with E-state index >= 15 is 0 Å². The topological polar surface area (TPSA) is 21.7 Å². The Morgan fingerprint density at radius 1 is 1.20 bits per heavy atom. The Bertz CT molecular complexity index is 403. The molecule has 2 fully saturated rings. The van der Waals surface area contributed by atoms with E-state index in [2.05, 4.69) is 45.7 Å². The minimum Gasteiger partial charge on any atom is -0.400 e. The highest BCUT2D eigenvalue weighted by Crippen LogP contribution is 2.42. The van der Waals surface area contributed by atoms with Gasteiger partial charge in [0.15, 0.2) is 0 Å². The molecule has 0 spiro atoms. The number of fused-ring (bicyclic) bond motifs is 1. The second kappa shape index (κ2) is 4.86. The summed E-state index contributed by atoms with van der Waals surface area (Å²) >= 11 is 0. The second-order valence-electron chi connectivity index (χ2n) is 7.76. The van der Waals surface area contributed by atoms with Crippen molar-refractivity contribution < 1.29 is 9.31 Å². The van der Waals surface area contributed by atoms with Crippen LogP contribution in [0.3, 0.4) is 0 Å². The molecule has 3 nitrogen and oxygen atoms in total. The molecule has 2 heterocycles. The molecule has 1 aliphatic carbocycles. The second-order valence-corrected chi connectivity index (χ2v) is 7.76. The van der Waals surface area contributed by atoms with E-state index in [1.165, 1.54) is 24.9 Å². The van der Waals surface area contributed by atoms with E-state index in [4.69, 9.17) is 9.31 Å². The van der Waals surface area contributed by atoms with Gasteiger partial charge in [-0.3, -0.25) is 0 Å². The zero-order chi connectivity index (χ0) is 14.5. The van der Waals surface area contributed by atoms with Crippen LogP contribution in [0.4, 0.5) is 0 Å². The molecule has 0 aromatic heterocycles. The van der Waals surface area contributed by atoms with Crippen molar-refractivity contribution >= 4 is 7.12 Å². The third kappa shape index (κ3) is 2.36. The van der Waals surface area contributed by atoms with Crippen molar-refractivity contribution in [2.75, 3.05) is 13.6 Å². The standard InChI is InChI=1S/C16H28BNO2/c1-15(2)16(3,4)20-17(19-15)13-8-9-14-12(11-13)7-6-10-18(14)5/h8,12,14H,6-7,9-11H2,1-5H3/t12-,14+/m1/s1. The smallest absolute Gasteiger partial charge is 0.400 e. The highest BCUT2D eigenvalue weighted by Gasteiger charge is 2.53. The molecule has 2 aliphatic heterocycles. The molecule has 0 aromatic carbocycles. The molecule has 0 radical (unpaired) electrons. The summed E-state index contributed by atoms with van der Waals surface area (Å²) in [5, 5.41) is 0. The minimum absolute atomic E-state index is 0.131. The van der Waals surface area contributed by atoms with Gasteiger partial charge in [0, 0.05) is 6.04 Å². The number of hydrogen-bond acceptors (Lipinski definition) is 3. The van der Waals surface area contributed by atoms with Crippen molar-refractivity contribution in [3.05, 3.63) is 11.5 Å². The predicted octanol–water partition coefficient (Wildman–Crippen LogP) is 3.05. The van der Waals surface area contributed by atoms with Gasteiger partial charge in [0.1, 0.15) is 0 Å². The van der Waals surface area contributed by atoms with Crippen molar-refractivity contribution in [1.82, 2.24) is 4.90 Å². The van der Waals surface area contributed by atoms with Crippen LogP contribution in [-0.4, -0.2) is 42.9 Å². The van der Waals surface area contributed by atoms with E-state index in [1.807, 2.05) is 0 Å². The average Bonchev–Trinajstić information content (AvgIpc) is 2.58. The highest BCUT2D eigenvalue weighted by atomic mass is 16.7. The van der Waals surface area contributed by atoms with Crippen LogP contribution in [0.15, 0.2) is 11.5 Å². The van der Waals surface area contributed by atoms with Crippen LogP contribution < -0.4 is 0 Å². The van der Waals surface area contributed by atoms with Crippen LogP contribution in [0.25, 0.3) is 0 Å². The van der Waals surface area contributed by atoms with Crippen LogP contribution in [0.5, 0.6) is 0 Å². The first-order valence-electron chi connectivity index (χ1n) is 8.05.